The maximum Gasteiger partial charge on any atom is 0.132 e. The Morgan fingerprint density at radius 1 is 1.19 bits per heavy atom. The van der Waals surface area contributed by atoms with Crippen molar-refractivity contribution in [3.05, 3.63) is 52.7 Å². The molecular formula is C16H19ClN2O2. The van der Waals surface area contributed by atoms with Crippen molar-refractivity contribution >= 4 is 17.4 Å². The highest BCUT2D eigenvalue weighted by Gasteiger charge is 2.05. The summed E-state index contributed by atoms with van der Waals surface area (Å²) in [7, 11) is 0. The Morgan fingerprint density at radius 2 is 1.95 bits per heavy atom. The third-order valence-electron chi connectivity index (χ3n) is 2.96. The van der Waals surface area contributed by atoms with Crippen molar-refractivity contribution in [1.82, 2.24) is 4.98 Å². The molecular weight excluding hydrogens is 288 g/mol. The number of hydrogen-bond acceptors (Lipinski definition) is 4. The first kappa shape index (κ1) is 15.6. The summed E-state index contributed by atoms with van der Waals surface area (Å²) in [5.41, 5.74) is 1.55. The molecule has 2 N–H and O–H groups in total. The van der Waals surface area contributed by atoms with Crippen molar-refractivity contribution in [3.8, 4) is 5.75 Å². The molecule has 21 heavy (non-hydrogen) atoms. The number of nitrogens with zero attached hydrogens (tertiary/aromatic N) is 1. The summed E-state index contributed by atoms with van der Waals surface area (Å²) in [6.45, 7) is 3.30. The lowest BCUT2D eigenvalue weighted by atomic mass is 10.2. The van der Waals surface area contributed by atoms with Crippen LogP contribution in [0.15, 0.2) is 36.4 Å². The summed E-state index contributed by atoms with van der Waals surface area (Å²) >= 11 is 6.14. The van der Waals surface area contributed by atoms with E-state index in [9.17, 15) is 0 Å². The van der Waals surface area contributed by atoms with Gasteiger partial charge in [-0.25, -0.2) is 4.98 Å². The minimum atomic E-state index is 0.0266. The van der Waals surface area contributed by atoms with Crippen LogP contribution in [0.25, 0.3) is 0 Å². The molecule has 0 aliphatic heterocycles. The van der Waals surface area contributed by atoms with Crippen LogP contribution in [0.5, 0.6) is 5.75 Å². The number of ether oxygens (including phenoxy) is 1. The normalized spacial score (nSPS) is 10.4. The monoisotopic (exact) mass is 306 g/mol. The largest absolute Gasteiger partial charge is 0.487 e. The highest BCUT2D eigenvalue weighted by atomic mass is 35.5. The molecule has 0 spiro atoms. The van der Waals surface area contributed by atoms with Crippen molar-refractivity contribution in [2.45, 2.75) is 26.6 Å². The fourth-order valence-corrected chi connectivity index (χ4v) is 1.94. The Bertz CT molecular complexity index is 573. The molecule has 0 saturated heterocycles. The summed E-state index contributed by atoms with van der Waals surface area (Å²) in [6, 6.07) is 11.0. The number of benzene rings is 1. The zero-order valence-corrected chi connectivity index (χ0v) is 12.7. The number of hydrogen-bond donors (Lipinski definition) is 2. The molecule has 0 fully saturated rings. The summed E-state index contributed by atoms with van der Waals surface area (Å²) in [4.78, 5) is 4.45. The first-order valence-electron chi connectivity index (χ1n) is 6.95. The van der Waals surface area contributed by atoms with E-state index in [1.165, 1.54) is 0 Å². The van der Waals surface area contributed by atoms with Gasteiger partial charge in [-0.2, -0.15) is 0 Å². The van der Waals surface area contributed by atoms with Gasteiger partial charge in [-0.15, -0.1) is 0 Å². The summed E-state index contributed by atoms with van der Waals surface area (Å²) in [5.74, 6) is 1.52. The van der Waals surface area contributed by atoms with Gasteiger partial charge < -0.3 is 15.2 Å². The first-order valence-corrected chi connectivity index (χ1v) is 7.32. The Hall–Kier alpha value is -1.78. The van der Waals surface area contributed by atoms with Crippen LogP contribution in [0.1, 0.15) is 24.6 Å². The van der Waals surface area contributed by atoms with Crippen LogP contribution >= 0.6 is 11.6 Å². The van der Waals surface area contributed by atoms with E-state index < -0.39 is 0 Å². The number of anilines is 1. The fraction of sp³-hybridized carbons (Fsp3) is 0.312. The van der Waals surface area contributed by atoms with Gasteiger partial charge in [0, 0.05) is 6.54 Å². The number of rotatable bonds is 7. The lowest BCUT2D eigenvalue weighted by molar-refractivity contribution is 0.280. The highest BCUT2D eigenvalue weighted by molar-refractivity contribution is 6.31. The van der Waals surface area contributed by atoms with Crippen LogP contribution in [0.3, 0.4) is 0 Å². The molecule has 0 aliphatic carbocycles. The molecule has 0 radical (unpaired) electrons. The zero-order chi connectivity index (χ0) is 15.1. The minimum Gasteiger partial charge on any atom is -0.487 e. The van der Waals surface area contributed by atoms with Gasteiger partial charge in [0.25, 0.3) is 0 Å². The SMILES string of the molecule is CCCNc1ccc(Cl)c(COc2ccc(CO)cc2)n1. The van der Waals surface area contributed by atoms with Crippen LogP contribution in [-0.2, 0) is 13.2 Å². The molecule has 1 aromatic carbocycles. The average molecular weight is 307 g/mol. The number of aromatic nitrogens is 1. The van der Waals surface area contributed by atoms with Crippen molar-refractivity contribution in [2.24, 2.45) is 0 Å². The molecule has 2 aromatic rings. The van der Waals surface area contributed by atoms with Gasteiger partial charge in [0.15, 0.2) is 0 Å². The Morgan fingerprint density at radius 3 is 2.62 bits per heavy atom. The highest BCUT2D eigenvalue weighted by Crippen LogP contribution is 2.20. The molecule has 0 saturated carbocycles. The van der Waals surface area contributed by atoms with E-state index in [0.29, 0.717) is 17.3 Å². The Balaban J connectivity index is 2.00. The molecule has 1 heterocycles. The number of aliphatic hydroxyl groups is 1. The Labute approximate surface area is 129 Å². The third kappa shape index (κ3) is 4.62. The molecule has 0 aliphatic rings. The molecule has 0 amide bonds. The van der Waals surface area contributed by atoms with Gasteiger partial charge in [-0.1, -0.05) is 30.7 Å². The van der Waals surface area contributed by atoms with Gasteiger partial charge in [0.05, 0.1) is 17.3 Å². The molecule has 0 atom stereocenters. The predicted molar refractivity (Wildman–Crippen MR) is 84.7 cm³/mol. The van der Waals surface area contributed by atoms with E-state index in [1.54, 1.807) is 0 Å². The second-order valence-electron chi connectivity index (χ2n) is 4.64. The second-order valence-corrected chi connectivity index (χ2v) is 5.05. The molecule has 5 heteroatoms. The summed E-state index contributed by atoms with van der Waals surface area (Å²) in [6.07, 6.45) is 1.04. The van der Waals surface area contributed by atoms with Gasteiger partial charge in [0.2, 0.25) is 0 Å². The number of nitrogens with one attached hydrogen (secondary N) is 1. The summed E-state index contributed by atoms with van der Waals surface area (Å²) in [5, 5.41) is 12.8. The molecule has 4 nitrogen and oxygen atoms in total. The van der Waals surface area contributed by atoms with E-state index in [2.05, 4.69) is 17.2 Å². The van der Waals surface area contributed by atoms with Crippen molar-refractivity contribution in [1.29, 1.82) is 0 Å². The van der Waals surface area contributed by atoms with Gasteiger partial charge in [-0.3, -0.25) is 0 Å². The Kier molecular flexibility index (Phi) is 5.84. The lowest BCUT2D eigenvalue weighted by Gasteiger charge is -2.10. The van der Waals surface area contributed by atoms with Gasteiger partial charge in [-0.05, 0) is 36.2 Å². The standard InChI is InChI=1S/C16H19ClN2O2/c1-2-9-18-16-8-7-14(17)15(19-16)11-21-13-5-3-12(10-20)4-6-13/h3-8,20H,2,9-11H2,1H3,(H,18,19). The third-order valence-corrected chi connectivity index (χ3v) is 3.30. The maximum atomic E-state index is 9.00. The predicted octanol–water partition coefficient (Wildman–Crippen LogP) is 3.63. The lowest BCUT2D eigenvalue weighted by Crippen LogP contribution is -2.05. The van der Waals surface area contributed by atoms with Crippen LogP contribution in [-0.4, -0.2) is 16.6 Å². The van der Waals surface area contributed by atoms with Crippen LogP contribution in [0.4, 0.5) is 5.82 Å². The van der Waals surface area contributed by atoms with E-state index in [0.717, 1.165) is 30.1 Å². The molecule has 112 valence electrons. The van der Waals surface area contributed by atoms with Crippen molar-refractivity contribution < 1.29 is 9.84 Å². The van der Waals surface area contributed by atoms with Crippen molar-refractivity contribution in [3.63, 3.8) is 0 Å². The molecule has 0 unspecified atom stereocenters. The van der Waals surface area contributed by atoms with E-state index in [4.69, 9.17) is 21.4 Å². The first-order chi connectivity index (χ1) is 10.2. The minimum absolute atomic E-state index is 0.0266. The number of halogens is 1. The quantitative estimate of drug-likeness (QED) is 0.820. The van der Waals surface area contributed by atoms with Crippen LogP contribution in [0, 0.1) is 0 Å². The fourth-order valence-electron chi connectivity index (χ4n) is 1.78. The smallest absolute Gasteiger partial charge is 0.132 e. The van der Waals surface area contributed by atoms with E-state index >= 15 is 0 Å². The van der Waals surface area contributed by atoms with Crippen LogP contribution in [0.2, 0.25) is 5.02 Å². The number of pyridine rings is 1. The van der Waals surface area contributed by atoms with Crippen molar-refractivity contribution in [2.75, 3.05) is 11.9 Å². The number of aliphatic hydroxyl groups excluding tert-OH is 1. The maximum absolute atomic E-state index is 9.00. The summed E-state index contributed by atoms with van der Waals surface area (Å²) < 4.78 is 5.68. The van der Waals surface area contributed by atoms with E-state index in [-0.39, 0.29) is 6.61 Å². The van der Waals surface area contributed by atoms with Crippen LogP contribution < -0.4 is 10.1 Å². The zero-order valence-electron chi connectivity index (χ0n) is 12.0. The van der Waals surface area contributed by atoms with E-state index in [1.807, 2.05) is 36.4 Å². The van der Waals surface area contributed by atoms with Gasteiger partial charge >= 0.3 is 0 Å². The molecule has 1 aromatic heterocycles. The molecule has 0 bridgehead atoms. The van der Waals surface area contributed by atoms with Gasteiger partial charge in [0.1, 0.15) is 18.2 Å². The average Bonchev–Trinajstić information content (AvgIpc) is 2.53. The molecule has 2 rings (SSSR count). The second kappa shape index (κ2) is 7.86. The topological polar surface area (TPSA) is 54.4 Å².